The smallest absolute Gasteiger partial charge is 0.209 e. The minimum atomic E-state index is -0.662. The van der Waals surface area contributed by atoms with E-state index in [2.05, 4.69) is 9.88 Å². The second-order valence-corrected chi connectivity index (χ2v) is 5.79. The van der Waals surface area contributed by atoms with Gasteiger partial charge in [0.25, 0.3) is 0 Å². The molecule has 1 atom stereocenters. The fraction of sp³-hybridized carbons (Fsp3) is 0.333. The van der Waals surface area contributed by atoms with Gasteiger partial charge in [0.05, 0.1) is 0 Å². The maximum absolute atomic E-state index is 10.8. The number of aryl methyl sites for hydroxylation is 1. The van der Waals surface area contributed by atoms with Crippen molar-refractivity contribution in [3.8, 4) is 0 Å². The van der Waals surface area contributed by atoms with Gasteiger partial charge in [0, 0.05) is 37.4 Å². The molecule has 1 aromatic carbocycles. The summed E-state index contributed by atoms with van der Waals surface area (Å²) < 4.78 is 0. The summed E-state index contributed by atoms with van der Waals surface area (Å²) >= 11 is 0. The van der Waals surface area contributed by atoms with Crippen molar-refractivity contribution >= 4 is 12.2 Å². The number of piperazine rings is 1. The molecule has 2 heterocycles. The van der Waals surface area contributed by atoms with Gasteiger partial charge in [-0.05, 0) is 18.6 Å². The highest BCUT2D eigenvalue weighted by Gasteiger charge is 2.19. The van der Waals surface area contributed by atoms with E-state index < -0.39 is 6.10 Å². The summed E-state index contributed by atoms with van der Waals surface area (Å²) in [6.45, 7) is 4.93. The third kappa shape index (κ3) is 3.35. The molecule has 0 spiro atoms. The number of aliphatic hydroxyl groups is 1. The summed E-state index contributed by atoms with van der Waals surface area (Å²) in [6, 6.07) is 13.5. The van der Waals surface area contributed by atoms with Crippen LogP contribution in [0.1, 0.15) is 22.9 Å². The highest BCUT2D eigenvalue weighted by Crippen LogP contribution is 2.26. The lowest BCUT2D eigenvalue weighted by molar-refractivity contribution is -0.118. The van der Waals surface area contributed by atoms with Crippen LogP contribution in [-0.4, -0.2) is 47.6 Å². The van der Waals surface area contributed by atoms with Crippen LogP contribution >= 0.6 is 0 Å². The number of anilines is 1. The minimum Gasteiger partial charge on any atom is -0.384 e. The highest BCUT2D eigenvalue weighted by molar-refractivity contribution is 5.49. The van der Waals surface area contributed by atoms with Crippen LogP contribution in [0, 0.1) is 6.92 Å². The molecule has 23 heavy (non-hydrogen) atoms. The van der Waals surface area contributed by atoms with Crippen LogP contribution in [0.25, 0.3) is 0 Å². The van der Waals surface area contributed by atoms with E-state index in [-0.39, 0.29) is 0 Å². The number of hydrogen-bond acceptors (Lipinski definition) is 4. The third-order valence-corrected chi connectivity index (χ3v) is 4.31. The first kappa shape index (κ1) is 15.5. The molecule has 0 unspecified atom stereocenters. The van der Waals surface area contributed by atoms with E-state index in [4.69, 9.17) is 0 Å². The zero-order chi connectivity index (χ0) is 16.2. The SMILES string of the molecule is Cc1nc(N2CCN(C=O)CC2)ccc1[C@@H](O)c1ccccc1. The number of pyridine rings is 1. The number of amides is 1. The second-order valence-electron chi connectivity index (χ2n) is 5.79. The van der Waals surface area contributed by atoms with Gasteiger partial charge in [-0.25, -0.2) is 4.98 Å². The lowest BCUT2D eigenvalue weighted by Crippen LogP contribution is -2.46. The lowest BCUT2D eigenvalue weighted by atomic mass is 10.0. The Morgan fingerprint density at radius 2 is 1.78 bits per heavy atom. The van der Waals surface area contributed by atoms with Crippen LogP contribution in [0.3, 0.4) is 0 Å². The molecule has 1 amide bonds. The summed E-state index contributed by atoms with van der Waals surface area (Å²) in [5.74, 6) is 0.900. The summed E-state index contributed by atoms with van der Waals surface area (Å²) in [6.07, 6.45) is 0.236. The maximum atomic E-state index is 10.8. The summed E-state index contributed by atoms with van der Waals surface area (Å²) in [5, 5.41) is 10.5. The molecule has 5 heteroatoms. The predicted octanol–water partition coefficient (Wildman–Crippen LogP) is 1.75. The molecule has 0 radical (unpaired) electrons. The van der Waals surface area contributed by atoms with E-state index in [0.717, 1.165) is 55.2 Å². The molecule has 2 aromatic rings. The lowest BCUT2D eigenvalue weighted by Gasteiger charge is -2.33. The van der Waals surface area contributed by atoms with Crippen molar-refractivity contribution in [2.24, 2.45) is 0 Å². The van der Waals surface area contributed by atoms with E-state index in [0.29, 0.717) is 0 Å². The Morgan fingerprint density at radius 1 is 1.09 bits per heavy atom. The van der Waals surface area contributed by atoms with E-state index in [1.165, 1.54) is 0 Å². The standard InChI is InChI=1S/C18H21N3O2/c1-14-16(18(23)15-5-3-2-4-6-15)7-8-17(19-14)21-11-9-20(13-22)10-12-21/h2-8,13,18,23H,9-12H2,1H3/t18-/m0/s1. The quantitative estimate of drug-likeness (QED) is 0.874. The average molecular weight is 311 g/mol. The van der Waals surface area contributed by atoms with Crippen LogP contribution in [0.5, 0.6) is 0 Å². The number of aliphatic hydroxyl groups excluding tert-OH is 1. The number of carbonyl (C=O) groups is 1. The largest absolute Gasteiger partial charge is 0.384 e. The van der Waals surface area contributed by atoms with Gasteiger partial charge in [-0.1, -0.05) is 36.4 Å². The van der Waals surface area contributed by atoms with Gasteiger partial charge in [0.1, 0.15) is 11.9 Å². The van der Waals surface area contributed by atoms with Gasteiger partial charge in [-0.15, -0.1) is 0 Å². The van der Waals surface area contributed by atoms with Crippen molar-refractivity contribution in [1.29, 1.82) is 0 Å². The number of nitrogens with zero attached hydrogens (tertiary/aromatic N) is 3. The molecule has 0 saturated carbocycles. The Kier molecular flexibility index (Phi) is 4.57. The number of rotatable bonds is 4. The minimum absolute atomic E-state index is 0.662. The monoisotopic (exact) mass is 311 g/mol. The number of hydrogen-bond donors (Lipinski definition) is 1. The molecule has 0 bridgehead atoms. The summed E-state index contributed by atoms with van der Waals surface area (Å²) in [5.41, 5.74) is 2.52. The normalized spacial score (nSPS) is 16.3. The molecule has 1 N–H and O–H groups in total. The molecular weight excluding hydrogens is 290 g/mol. The number of aromatic nitrogens is 1. The molecule has 3 rings (SSSR count). The maximum Gasteiger partial charge on any atom is 0.209 e. The highest BCUT2D eigenvalue weighted by atomic mass is 16.3. The van der Waals surface area contributed by atoms with Crippen LogP contribution in [0.4, 0.5) is 5.82 Å². The van der Waals surface area contributed by atoms with Gasteiger partial charge >= 0.3 is 0 Å². The zero-order valence-electron chi connectivity index (χ0n) is 13.2. The number of benzene rings is 1. The molecule has 120 valence electrons. The van der Waals surface area contributed by atoms with Crippen molar-refractivity contribution in [2.45, 2.75) is 13.0 Å². The third-order valence-electron chi connectivity index (χ3n) is 4.31. The summed E-state index contributed by atoms with van der Waals surface area (Å²) in [7, 11) is 0. The van der Waals surface area contributed by atoms with E-state index in [9.17, 15) is 9.90 Å². The van der Waals surface area contributed by atoms with E-state index in [1.54, 1.807) is 4.90 Å². The average Bonchev–Trinajstić information content (AvgIpc) is 2.62. The Labute approximate surface area is 136 Å². The van der Waals surface area contributed by atoms with Gasteiger partial charge in [-0.3, -0.25) is 4.79 Å². The predicted molar refractivity (Wildman–Crippen MR) is 89.3 cm³/mol. The fourth-order valence-corrected chi connectivity index (χ4v) is 2.90. The van der Waals surface area contributed by atoms with Gasteiger partial charge in [-0.2, -0.15) is 0 Å². The molecule has 1 fully saturated rings. The van der Waals surface area contributed by atoms with Crippen LogP contribution in [0.2, 0.25) is 0 Å². The molecule has 0 aliphatic carbocycles. The molecular formula is C18H21N3O2. The zero-order valence-corrected chi connectivity index (χ0v) is 13.2. The Hall–Kier alpha value is -2.40. The second kappa shape index (κ2) is 6.79. The Bertz CT molecular complexity index is 667. The van der Waals surface area contributed by atoms with Crippen molar-refractivity contribution in [2.75, 3.05) is 31.1 Å². The van der Waals surface area contributed by atoms with Crippen LogP contribution < -0.4 is 4.90 Å². The van der Waals surface area contributed by atoms with Crippen LogP contribution in [0.15, 0.2) is 42.5 Å². The topological polar surface area (TPSA) is 56.7 Å². The van der Waals surface area contributed by atoms with Crippen molar-refractivity contribution in [3.05, 3.63) is 59.3 Å². The molecule has 1 saturated heterocycles. The van der Waals surface area contributed by atoms with Crippen molar-refractivity contribution < 1.29 is 9.90 Å². The van der Waals surface area contributed by atoms with Gasteiger partial charge in [0.2, 0.25) is 6.41 Å². The fourth-order valence-electron chi connectivity index (χ4n) is 2.90. The first-order valence-electron chi connectivity index (χ1n) is 7.84. The van der Waals surface area contributed by atoms with Gasteiger partial charge in [0.15, 0.2) is 0 Å². The first-order chi connectivity index (χ1) is 11.2. The first-order valence-corrected chi connectivity index (χ1v) is 7.84. The number of carbonyl (C=O) groups excluding carboxylic acids is 1. The van der Waals surface area contributed by atoms with E-state index >= 15 is 0 Å². The summed E-state index contributed by atoms with van der Waals surface area (Å²) in [4.78, 5) is 19.4. The Morgan fingerprint density at radius 3 is 2.39 bits per heavy atom. The van der Waals surface area contributed by atoms with Crippen molar-refractivity contribution in [3.63, 3.8) is 0 Å². The van der Waals surface area contributed by atoms with Crippen molar-refractivity contribution in [1.82, 2.24) is 9.88 Å². The van der Waals surface area contributed by atoms with Gasteiger partial charge < -0.3 is 14.9 Å². The molecule has 1 aliphatic heterocycles. The van der Waals surface area contributed by atoms with Crippen LogP contribution in [-0.2, 0) is 4.79 Å². The molecule has 1 aromatic heterocycles. The molecule has 1 aliphatic rings. The van der Waals surface area contributed by atoms with E-state index in [1.807, 2.05) is 49.4 Å². The molecule has 5 nitrogen and oxygen atoms in total. The Balaban J connectivity index is 1.77.